The maximum Gasteiger partial charge on any atom is 0.341 e. The lowest BCUT2D eigenvalue weighted by Crippen LogP contribution is -2.16. The summed E-state index contributed by atoms with van der Waals surface area (Å²) < 4.78 is 10.8. The van der Waals surface area contributed by atoms with Crippen molar-refractivity contribution in [1.29, 1.82) is 0 Å². The van der Waals surface area contributed by atoms with Gasteiger partial charge in [0.15, 0.2) is 0 Å². The third-order valence-electron chi connectivity index (χ3n) is 5.29. The van der Waals surface area contributed by atoms with E-state index >= 15 is 0 Å². The van der Waals surface area contributed by atoms with Gasteiger partial charge in [-0.15, -0.1) is 11.3 Å². The first-order chi connectivity index (χ1) is 13.9. The fourth-order valence-corrected chi connectivity index (χ4v) is 5.14. The molecule has 0 bridgehead atoms. The highest BCUT2D eigenvalue weighted by molar-refractivity contribution is 7.17. The number of amides is 1. The van der Waals surface area contributed by atoms with Crippen LogP contribution in [-0.4, -0.2) is 25.6 Å². The molecule has 1 aliphatic carbocycles. The lowest BCUT2D eigenvalue weighted by Gasteiger charge is -2.18. The van der Waals surface area contributed by atoms with Crippen LogP contribution in [0, 0.1) is 19.8 Å². The van der Waals surface area contributed by atoms with Crippen LogP contribution >= 0.6 is 11.3 Å². The zero-order valence-corrected chi connectivity index (χ0v) is 18.4. The van der Waals surface area contributed by atoms with Crippen molar-refractivity contribution >= 4 is 28.2 Å². The van der Waals surface area contributed by atoms with Crippen molar-refractivity contribution in [3.8, 4) is 5.75 Å². The van der Waals surface area contributed by atoms with Crippen molar-refractivity contribution in [3.63, 3.8) is 0 Å². The summed E-state index contributed by atoms with van der Waals surface area (Å²) in [6.45, 7) is 6.75. The van der Waals surface area contributed by atoms with Gasteiger partial charge in [-0.1, -0.05) is 24.6 Å². The molecule has 1 aromatic carbocycles. The van der Waals surface area contributed by atoms with Crippen molar-refractivity contribution < 1.29 is 19.1 Å². The molecule has 1 unspecified atom stereocenters. The van der Waals surface area contributed by atoms with Crippen LogP contribution in [0.1, 0.15) is 58.1 Å². The van der Waals surface area contributed by atoms with Crippen molar-refractivity contribution in [2.24, 2.45) is 5.92 Å². The van der Waals surface area contributed by atoms with Crippen LogP contribution in [0.3, 0.4) is 0 Å². The number of aryl methyl sites for hydroxylation is 2. The van der Waals surface area contributed by atoms with Crippen molar-refractivity contribution in [2.75, 3.05) is 19.0 Å². The summed E-state index contributed by atoms with van der Waals surface area (Å²) in [6.07, 6.45) is 3.80. The number of fused-ring (bicyclic) bond motifs is 1. The molecule has 0 radical (unpaired) electrons. The standard InChI is InChI=1S/C23H29NO4S/c1-14-8-10-18(16(3)12-14)28-11-5-6-20(25)24-22-21(23(26)27-4)17-9-7-15(2)13-19(17)29-22/h8,10,12,15H,5-7,9,11,13H2,1-4H3,(H,24,25). The zero-order valence-electron chi connectivity index (χ0n) is 17.6. The van der Waals surface area contributed by atoms with Gasteiger partial charge in [0, 0.05) is 11.3 Å². The van der Waals surface area contributed by atoms with Gasteiger partial charge in [-0.2, -0.15) is 0 Å². The summed E-state index contributed by atoms with van der Waals surface area (Å²) in [5, 5.41) is 3.56. The van der Waals surface area contributed by atoms with E-state index in [0.717, 1.165) is 36.1 Å². The van der Waals surface area contributed by atoms with Crippen LogP contribution in [0.25, 0.3) is 0 Å². The van der Waals surface area contributed by atoms with Gasteiger partial charge in [-0.25, -0.2) is 4.79 Å². The maximum atomic E-state index is 12.5. The van der Waals surface area contributed by atoms with E-state index in [-0.39, 0.29) is 11.9 Å². The van der Waals surface area contributed by atoms with Gasteiger partial charge in [0.2, 0.25) is 5.91 Å². The first-order valence-electron chi connectivity index (χ1n) is 10.1. The molecule has 6 heteroatoms. The molecule has 0 spiro atoms. The molecule has 156 valence electrons. The molecule has 3 rings (SSSR count). The van der Waals surface area contributed by atoms with Crippen molar-refractivity contribution in [1.82, 2.24) is 0 Å². The Morgan fingerprint density at radius 3 is 2.79 bits per heavy atom. The average molecular weight is 416 g/mol. The first kappa shape index (κ1) is 21.4. The molecule has 1 heterocycles. The molecule has 0 saturated heterocycles. The van der Waals surface area contributed by atoms with E-state index in [2.05, 4.69) is 18.3 Å². The summed E-state index contributed by atoms with van der Waals surface area (Å²) in [5.41, 5.74) is 3.88. The van der Waals surface area contributed by atoms with E-state index in [1.165, 1.54) is 28.9 Å². The van der Waals surface area contributed by atoms with Crippen LogP contribution in [0.4, 0.5) is 5.00 Å². The molecule has 2 aromatic rings. The van der Waals surface area contributed by atoms with Gasteiger partial charge >= 0.3 is 5.97 Å². The average Bonchev–Trinajstić information content (AvgIpc) is 3.02. The van der Waals surface area contributed by atoms with Crippen molar-refractivity contribution in [2.45, 2.75) is 52.9 Å². The Kier molecular flexibility index (Phi) is 6.96. The summed E-state index contributed by atoms with van der Waals surface area (Å²) >= 11 is 1.51. The monoisotopic (exact) mass is 415 g/mol. The molecule has 0 fully saturated rings. The summed E-state index contributed by atoms with van der Waals surface area (Å²) in [5.74, 6) is 0.971. The normalized spacial score (nSPS) is 15.5. The molecule has 1 amide bonds. The topological polar surface area (TPSA) is 64.6 Å². The largest absolute Gasteiger partial charge is 0.493 e. The Morgan fingerprint density at radius 1 is 1.28 bits per heavy atom. The smallest absolute Gasteiger partial charge is 0.341 e. The predicted octanol–water partition coefficient (Wildman–Crippen LogP) is 5.07. The number of methoxy groups -OCH3 is 1. The maximum absolute atomic E-state index is 12.5. The summed E-state index contributed by atoms with van der Waals surface area (Å²) in [6, 6.07) is 6.06. The molecule has 5 nitrogen and oxygen atoms in total. The molecular weight excluding hydrogens is 386 g/mol. The SMILES string of the molecule is COC(=O)c1c(NC(=O)CCCOc2ccc(C)cc2C)sc2c1CCC(C)C2. The quantitative estimate of drug-likeness (QED) is 0.506. The van der Waals surface area contributed by atoms with E-state index in [0.29, 0.717) is 35.9 Å². The molecule has 1 atom stereocenters. The van der Waals surface area contributed by atoms with Gasteiger partial charge in [0.25, 0.3) is 0 Å². The van der Waals surface area contributed by atoms with Gasteiger partial charge in [0.1, 0.15) is 10.8 Å². The van der Waals surface area contributed by atoms with E-state index in [1.54, 1.807) is 0 Å². The Balaban J connectivity index is 1.58. The minimum absolute atomic E-state index is 0.106. The lowest BCUT2D eigenvalue weighted by atomic mass is 9.88. The van der Waals surface area contributed by atoms with Gasteiger partial charge in [-0.3, -0.25) is 4.79 Å². The van der Waals surface area contributed by atoms with Crippen molar-refractivity contribution in [3.05, 3.63) is 45.3 Å². The third-order valence-corrected chi connectivity index (χ3v) is 6.46. The summed E-state index contributed by atoms with van der Waals surface area (Å²) in [7, 11) is 1.38. The second kappa shape index (κ2) is 9.44. The van der Waals surface area contributed by atoms with E-state index in [4.69, 9.17) is 9.47 Å². The Morgan fingerprint density at radius 2 is 2.07 bits per heavy atom. The molecule has 1 aromatic heterocycles. The number of hydrogen-bond donors (Lipinski definition) is 1. The van der Waals surface area contributed by atoms with Crippen LogP contribution in [-0.2, 0) is 22.4 Å². The van der Waals surface area contributed by atoms with Crippen LogP contribution in [0.15, 0.2) is 18.2 Å². The zero-order chi connectivity index (χ0) is 21.0. The second-order valence-corrected chi connectivity index (χ2v) is 8.92. The molecular formula is C23H29NO4S. The first-order valence-corrected chi connectivity index (χ1v) is 10.9. The Labute approximate surface area is 176 Å². The Bertz CT molecular complexity index is 903. The van der Waals surface area contributed by atoms with Gasteiger partial charge in [-0.05, 0) is 62.6 Å². The number of rotatable bonds is 7. The highest BCUT2D eigenvalue weighted by atomic mass is 32.1. The number of hydrogen-bond acceptors (Lipinski definition) is 5. The molecule has 1 aliphatic rings. The fourth-order valence-electron chi connectivity index (χ4n) is 3.72. The number of carbonyl (C=O) groups excluding carboxylic acids is 2. The predicted molar refractivity (Wildman–Crippen MR) is 116 cm³/mol. The number of benzene rings is 1. The Hall–Kier alpha value is -2.34. The third kappa shape index (κ3) is 5.18. The molecule has 0 saturated carbocycles. The summed E-state index contributed by atoms with van der Waals surface area (Å²) in [4.78, 5) is 26.0. The van der Waals surface area contributed by atoms with E-state index in [9.17, 15) is 9.59 Å². The fraction of sp³-hybridized carbons (Fsp3) is 0.478. The number of anilines is 1. The molecule has 1 N–H and O–H groups in total. The van der Waals surface area contributed by atoms with E-state index in [1.807, 2.05) is 26.0 Å². The number of carbonyl (C=O) groups is 2. The van der Waals surface area contributed by atoms with Crippen LogP contribution in [0.2, 0.25) is 0 Å². The lowest BCUT2D eigenvalue weighted by molar-refractivity contribution is -0.116. The molecule has 29 heavy (non-hydrogen) atoms. The minimum atomic E-state index is -0.370. The van der Waals surface area contributed by atoms with Crippen LogP contribution < -0.4 is 10.1 Å². The van der Waals surface area contributed by atoms with Gasteiger partial charge in [0.05, 0.1) is 19.3 Å². The highest BCUT2D eigenvalue weighted by Crippen LogP contribution is 2.40. The highest BCUT2D eigenvalue weighted by Gasteiger charge is 2.28. The number of esters is 1. The van der Waals surface area contributed by atoms with Crippen LogP contribution in [0.5, 0.6) is 5.75 Å². The van der Waals surface area contributed by atoms with E-state index < -0.39 is 0 Å². The minimum Gasteiger partial charge on any atom is -0.493 e. The number of ether oxygens (including phenoxy) is 2. The second-order valence-electron chi connectivity index (χ2n) is 7.82. The molecule has 0 aliphatic heterocycles. The number of nitrogens with one attached hydrogen (secondary N) is 1. The number of thiophene rings is 1. The van der Waals surface area contributed by atoms with Gasteiger partial charge < -0.3 is 14.8 Å².